The molecule has 0 atom stereocenters. The Hall–Kier alpha value is -0.120. The van der Waals surface area contributed by atoms with Crippen molar-refractivity contribution in [3.63, 3.8) is 0 Å². The molecule has 0 aromatic heterocycles. The Bertz CT molecular complexity index is 264. The maximum Gasteiger partial charge on any atom is 0.302 e. The molecular weight excluding hydrogens is 203 g/mol. The van der Waals surface area contributed by atoms with Crippen LogP contribution in [0.5, 0.6) is 0 Å². The predicted octanol–water partition coefficient (Wildman–Crippen LogP) is 2.75. The molecule has 0 aromatic rings. The number of rotatable bonds is 3. The second-order valence-electron chi connectivity index (χ2n) is 4.73. The molecular formula is C10H19FO2S. The van der Waals surface area contributed by atoms with Gasteiger partial charge in [0.15, 0.2) is 0 Å². The fourth-order valence-corrected chi connectivity index (χ4v) is 3.20. The first-order valence-corrected chi connectivity index (χ1v) is 6.86. The first-order chi connectivity index (χ1) is 6.38. The van der Waals surface area contributed by atoms with Crippen molar-refractivity contribution < 1.29 is 12.3 Å². The molecule has 1 aliphatic carbocycles. The molecule has 2 nitrogen and oxygen atoms in total. The summed E-state index contributed by atoms with van der Waals surface area (Å²) in [5.41, 5.74) is 0. The first-order valence-electron chi connectivity index (χ1n) is 5.31. The van der Waals surface area contributed by atoms with Gasteiger partial charge in [-0.2, -0.15) is 8.42 Å². The molecule has 0 amide bonds. The van der Waals surface area contributed by atoms with Crippen LogP contribution < -0.4 is 0 Å². The van der Waals surface area contributed by atoms with Crippen LogP contribution >= 0.6 is 0 Å². The van der Waals surface area contributed by atoms with Gasteiger partial charge in [-0.1, -0.05) is 13.8 Å². The van der Waals surface area contributed by atoms with Gasteiger partial charge in [-0.15, -0.1) is 3.89 Å². The lowest BCUT2D eigenvalue weighted by molar-refractivity contribution is 0.235. The van der Waals surface area contributed by atoms with Crippen molar-refractivity contribution in [1.82, 2.24) is 0 Å². The van der Waals surface area contributed by atoms with E-state index in [0.717, 1.165) is 25.7 Å². The number of hydrogen-bond donors (Lipinski definition) is 0. The van der Waals surface area contributed by atoms with Crippen LogP contribution in [-0.4, -0.2) is 14.2 Å². The van der Waals surface area contributed by atoms with Crippen molar-refractivity contribution in [1.29, 1.82) is 0 Å². The molecule has 1 aliphatic rings. The van der Waals surface area contributed by atoms with E-state index in [1.54, 1.807) is 0 Å². The molecule has 0 spiro atoms. The van der Waals surface area contributed by atoms with E-state index in [9.17, 15) is 12.3 Å². The van der Waals surface area contributed by atoms with E-state index in [4.69, 9.17) is 0 Å². The summed E-state index contributed by atoms with van der Waals surface area (Å²) in [4.78, 5) is 0. The second kappa shape index (κ2) is 4.60. The van der Waals surface area contributed by atoms with Crippen LogP contribution in [0, 0.1) is 17.8 Å². The Morgan fingerprint density at radius 1 is 1.21 bits per heavy atom. The molecule has 84 valence electrons. The molecule has 1 rings (SSSR count). The van der Waals surface area contributed by atoms with Gasteiger partial charge in [0.25, 0.3) is 0 Å². The lowest BCUT2D eigenvalue weighted by Gasteiger charge is -2.29. The summed E-state index contributed by atoms with van der Waals surface area (Å²) in [5, 5.41) is 0. The third-order valence-corrected chi connectivity index (χ3v) is 4.14. The summed E-state index contributed by atoms with van der Waals surface area (Å²) in [5.74, 6) is 1.16. The molecule has 1 saturated carbocycles. The van der Waals surface area contributed by atoms with Crippen LogP contribution in [-0.2, 0) is 10.2 Å². The topological polar surface area (TPSA) is 34.1 Å². The van der Waals surface area contributed by atoms with Crippen molar-refractivity contribution in [2.45, 2.75) is 39.5 Å². The van der Waals surface area contributed by atoms with Crippen LogP contribution in [0.1, 0.15) is 39.5 Å². The molecule has 0 aromatic carbocycles. The maximum absolute atomic E-state index is 12.4. The molecule has 0 N–H and O–H groups in total. The molecule has 1 fully saturated rings. The van der Waals surface area contributed by atoms with E-state index in [1.807, 2.05) is 0 Å². The van der Waals surface area contributed by atoms with Crippen molar-refractivity contribution in [2.24, 2.45) is 17.8 Å². The lowest BCUT2D eigenvalue weighted by atomic mass is 9.78. The van der Waals surface area contributed by atoms with Gasteiger partial charge < -0.3 is 0 Å². The van der Waals surface area contributed by atoms with E-state index in [2.05, 4.69) is 13.8 Å². The van der Waals surface area contributed by atoms with Crippen molar-refractivity contribution in [3.05, 3.63) is 0 Å². The van der Waals surface area contributed by atoms with Crippen LogP contribution in [0.2, 0.25) is 0 Å². The minimum absolute atomic E-state index is 0.0556. The largest absolute Gasteiger partial charge is 0.302 e. The zero-order chi connectivity index (χ0) is 10.8. The van der Waals surface area contributed by atoms with E-state index in [0.29, 0.717) is 11.8 Å². The van der Waals surface area contributed by atoms with Crippen LogP contribution in [0.15, 0.2) is 0 Å². The smallest absolute Gasteiger partial charge is 0.195 e. The van der Waals surface area contributed by atoms with E-state index < -0.39 is 10.2 Å². The Kier molecular flexibility index (Phi) is 3.93. The zero-order valence-corrected chi connectivity index (χ0v) is 9.69. The summed E-state index contributed by atoms with van der Waals surface area (Å²) >= 11 is 0. The third kappa shape index (κ3) is 3.95. The molecule has 0 bridgehead atoms. The minimum atomic E-state index is -4.26. The highest BCUT2D eigenvalue weighted by molar-refractivity contribution is 7.86. The minimum Gasteiger partial charge on any atom is -0.195 e. The first kappa shape index (κ1) is 12.0. The Balaban J connectivity index is 2.36. The van der Waals surface area contributed by atoms with Crippen LogP contribution in [0.4, 0.5) is 3.89 Å². The highest BCUT2D eigenvalue weighted by Crippen LogP contribution is 2.33. The Morgan fingerprint density at radius 2 is 1.71 bits per heavy atom. The SMILES string of the molecule is CC(C)C1CCC(CS(=O)(=O)F)CC1. The lowest BCUT2D eigenvalue weighted by Crippen LogP contribution is -2.22. The average molecular weight is 222 g/mol. The van der Waals surface area contributed by atoms with Crippen LogP contribution in [0.3, 0.4) is 0 Å². The Labute approximate surface area is 86.1 Å². The normalized spacial score (nSPS) is 29.4. The molecule has 0 radical (unpaired) electrons. The highest BCUT2D eigenvalue weighted by atomic mass is 32.3. The quantitative estimate of drug-likeness (QED) is 0.688. The predicted molar refractivity (Wildman–Crippen MR) is 55.2 cm³/mol. The molecule has 0 unspecified atom stereocenters. The van der Waals surface area contributed by atoms with Gasteiger partial charge in [-0.25, -0.2) is 0 Å². The molecule has 14 heavy (non-hydrogen) atoms. The standard InChI is InChI=1S/C10H19FO2S/c1-8(2)10-5-3-9(4-6-10)7-14(11,12)13/h8-10H,3-7H2,1-2H3. The van der Waals surface area contributed by atoms with Gasteiger partial charge in [0.1, 0.15) is 0 Å². The summed E-state index contributed by atoms with van der Waals surface area (Å²) in [7, 11) is -4.26. The average Bonchev–Trinajstić information content (AvgIpc) is 2.02. The van der Waals surface area contributed by atoms with Crippen LogP contribution in [0.25, 0.3) is 0 Å². The molecule has 4 heteroatoms. The van der Waals surface area contributed by atoms with E-state index in [1.165, 1.54) is 0 Å². The molecule has 0 aliphatic heterocycles. The van der Waals surface area contributed by atoms with E-state index in [-0.39, 0.29) is 11.7 Å². The van der Waals surface area contributed by atoms with Gasteiger partial charge in [0.05, 0.1) is 5.75 Å². The molecule has 0 saturated heterocycles. The van der Waals surface area contributed by atoms with Crippen molar-refractivity contribution >= 4 is 10.2 Å². The summed E-state index contributed by atoms with van der Waals surface area (Å²) in [6, 6.07) is 0. The second-order valence-corrected chi connectivity index (χ2v) is 6.14. The number of halogens is 1. The summed E-state index contributed by atoms with van der Waals surface area (Å²) < 4.78 is 33.3. The summed E-state index contributed by atoms with van der Waals surface area (Å²) in [6.07, 6.45) is 3.84. The van der Waals surface area contributed by atoms with Gasteiger partial charge in [-0.3, -0.25) is 0 Å². The third-order valence-electron chi connectivity index (χ3n) is 3.27. The fourth-order valence-electron chi connectivity index (χ4n) is 2.30. The van der Waals surface area contributed by atoms with Crippen molar-refractivity contribution in [3.8, 4) is 0 Å². The van der Waals surface area contributed by atoms with Gasteiger partial charge in [0, 0.05) is 0 Å². The number of hydrogen-bond acceptors (Lipinski definition) is 2. The zero-order valence-electron chi connectivity index (χ0n) is 8.87. The monoisotopic (exact) mass is 222 g/mol. The van der Waals surface area contributed by atoms with Crippen molar-refractivity contribution in [2.75, 3.05) is 5.75 Å². The fraction of sp³-hybridized carbons (Fsp3) is 1.00. The Morgan fingerprint density at radius 3 is 2.07 bits per heavy atom. The molecule has 0 heterocycles. The van der Waals surface area contributed by atoms with Gasteiger partial charge >= 0.3 is 10.2 Å². The van der Waals surface area contributed by atoms with Gasteiger partial charge in [0.2, 0.25) is 0 Å². The van der Waals surface area contributed by atoms with E-state index >= 15 is 0 Å². The van der Waals surface area contributed by atoms with Gasteiger partial charge in [-0.05, 0) is 43.4 Å². The maximum atomic E-state index is 12.4. The highest BCUT2D eigenvalue weighted by Gasteiger charge is 2.26. The summed E-state index contributed by atoms with van der Waals surface area (Å²) in [6.45, 7) is 4.38.